The molecule has 2 aromatic rings. The van der Waals surface area contributed by atoms with E-state index in [9.17, 15) is 4.79 Å². The Hall–Kier alpha value is -2.18. The molecule has 0 aliphatic heterocycles. The molecule has 0 unspecified atom stereocenters. The van der Waals surface area contributed by atoms with Gasteiger partial charge in [-0.25, -0.2) is 0 Å². The molecular weight excluding hydrogens is 411 g/mol. The second-order valence-corrected chi connectivity index (χ2v) is 12.6. The first-order valence-electron chi connectivity index (χ1n) is 11.5. The molecule has 0 fully saturated rings. The van der Waals surface area contributed by atoms with Gasteiger partial charge in [0.25, 0.3) is 0 Å². The number of ether oxygens (including phenoxy) is 1. The molecule has 0 saturated heterocycles. The van der Waals surface area contributed by atoms with Gasteiger partial charge in [-0.15, -0.1) is 0 Å². The van der Waals surface area contributed by atoms with Gasteiger partial charge < -0.3 is 4.74 Å². The van der Waals surface area contributed by atoms with E-state index in [-0.39, 0.29) is 17.3 Å². The van der Waals surface area contributed by atoms with Gasteiger partial charge in [-0.1, -0.05) is 97.1 Å². The summed E-state index contributed by atoms with van der Waals surface area (Å²) in [6.07, 6.45) is 5.05. The molecule has 170 valence electrons. The van der Waals surface area contributed by atoms with Crippen LogP contribution in [0.15, 0.2) is 59.7 Å². The van der Waals surface area contributed by atoms with E-state index in [2.05, 4.69) is 97.0 Å². The van der Waals surface area contributed by atoms with Crippen molar-refractivity contribution in [2.45, 2.75) is 55.4 Å². The zero-order chi connectivity index (χ0) is 23.6. The molecule has 0 amide bonds. The Balaban J connectivity index is 1.78. The monoisotopic (exact) mass is 448 g/mol. The minimum Gasteiger partial charge on any atom is -0.465 e. The number of carbonyl (C=O) groups is 1. The number of rotatable bonds is 6. The fraction of sp³-hybridized carbons (Fsp3) is 0.414. The third-order valence-electron chi connectivity index (χ3n) is 5.94. The molecule has 0 saturated carbocycles. The zero-order valence-electron chi connectivity index (χ0n) is 20.9. The number of allylic oxidation sites excluding steroid dienone is 2. The highest BCUT2D eigenvalue weighted by Gasteiger charge is 2.29. The topological polar surface area (TPSA) is 26.3 Å². The number of esters is 1. The minimum absolute atomic E-state index is 0.0384. The van der Waals surface area contributed by atoms with Crippen molar-refractivity contribution in [1.29, 1.82) is 0 Å². The van der Waals surface area contributed by atoms with E-state index >= 15 is 0 Å². The van der Waals surface area contributed by atoms with Crippen molar-refractivity contribution in [3.63, 3.8) is 0 Å². The molecule has 1 atom stereocenters. The molecule has 3 heteroatoms. The molecular formula is C29H37O2P. The summed E-state index contributed by atoms with van der Waals surface area (Å²) < 4.78 is 5.84. The first-order valence-corrected chi connectivity index (χ1v) is 13.0. The second kappa shape index (κ2) is 9.75. The van der Waals surface area contributed by atoms with E-state index in [1.165, 1.54) is 38.4 Å². The van der Waals surface area contributed by atoms with Crippen molar-refractivity contribution in [1.82, 2.24) is 0 Å². The van der Waals surface area contributed by atoms with Gasteiger partial charge in [-0.2, -0.15) is 0 Å². The van der Waals surface area contributed by atoms with Crippen LogP contribution in [0.2, 0.25) is 0 Å². The van der Waals surface area contributed by atoms with Crippen LogP contribution in [0.25, 0.3) is 0 Å². The lowest BCUT2D eigenvalue weighted by Crippen LogP contribution is -2.21. The van der Waals surface area contributed by atoms with E-state index in [1.54, 1.807) is 0 Å². The highest BCUT2D eigenvalue weighted by molar-refractivity contribution is 7.73. The molecule has 0 N–H and O–H groups in total. The second-order valence-electron chi connectivity index (χ2n) is 10.2. The smallest absolute Gasteiger partial charge is 0.316 e. The maximum atomic E-state index is 12.9. The molecule has 1 aliphatic carbocycles. The lowest BCUT2D eigenvalue weighted by Gasteiger charge is -2.21. The molecule has 2 nitrogen and oxygen atoms in total. The maximum Gasteiger partial charge on any atom is 0.316 e. The first kappa shape index (κ1) is 24.5. The van der Waals surface area contributed by atoms with Gasteiger partial charge in [0, 0.05) is 6.16 Å². The number of aryl methyl sites for hydroxylation is 4. The summed E-state index contributed by atoms with van der Waals surface area (Å²) in [5.41, 5.74) is 7.44. The van der Waals surface area contributed by atoms with Gasteiger partial charge in [-0.05, 0) is 64.1 Å². The average molecular weight is 449 g/mol. The summed E-state index contributed by atoms with van der Waals surface area (Å²) in [6.45, 7) is 17.6. The van der Waals surface area contributed by atoms with Crippen molar-refractivity contribution in [3.05, 3.63) is 82.0 Å². The van der Waals surface area contributed by atoms with E-state index in [0.29, 0.717) is 6.61 Å². The van der Waals surface area contributed by atoms with Crippen molar-refractivity contribution < 1.29 is 9.53 Å². The SMILES string of the molecule is CC1=CC(C(C)(C)C)=C[C@@H]1C(=O)OCCP(c1cc(C)cc(C)c1)c1cc(C)cc(C)c1. The highest BCUT2D eigenvalue weighted by Crippen LogP contribution is 2.37. The van der Waals surface area contributed by atoms with Crippen LogP contribution in [0.4, 0.5) is 0 Å². The average Bonchev–Trinajstić information content (AvgIpc) is 3.05. The predicted octanol–water partition coefficient (Wildman–Crippen LogP) is 6.44. The molecule has 1 aliphatic rings. The summed E-state index contributed by atoms with van der Waals surface area (Å²) in [5.74, 6) is -0.383. The minimum atomic E-state index is -0.604. The Morgan fingerprint density at radius 1 is 0.844 bits per heavy atom. The predicted molar refractivity (Wildman–Crippen MR) is 139 cm³/mol. The Labute approximate surface area is 195 Å². The van der Waals surface area contributed by atoms with E-state index in [0.717, 1.165) is 11.7 Å². The van der Waals surface area contributed by atoms with Crippen molar-refractivity contribution >= 4 is 24.5 Å². The molecule has 2 aromatic carbocycles. The standard InChI is InChI=1S/C29H37O2P/c1-19-11-20(2)14-25(13-19)32(26-15-21(3)12-22(4)16-26)10-9-31-28(30)27-18-24(17-23(27)5)29(6,7)8/h11-18,27H,9-10H2,1-8H3/t27-/m0/s1. The third kappa shape index (κ3) is 5.99. The van der Waals surface area contributed by atoms with Crippen molar-refractivity contribution in [2.75, 3.05) is 12.8 Å². The molecule has 3 rings (SSSR count). The van der Waals surface area contributed by atoms with Crippen LogP contribution in [-0.4, -0.2) is 18.7 Å². The molecule has 0 radical (unpaired) electrons. The number of benzene rings is 2. The van der Waals surface area contributed by atoms with Crippen LogP contribution in [0.1, 0.15) is 49.9 Å². The van der Waals surface area contributed by atoms with Crippen LogP contribution >= 0.6 is 7.92 Å². The Bertz CT molecular complexity index is 977. The lowest BCUT2D eigenvalue weighted by molar-refractivity contribution is -0.144. The number of hydrogen-bond donors (Lipinski definition) is 0. The fourth-order valence-electron chi connectivity index (χ4n) is 4.36. The van der Waals surface area contributed by atoms with Crippen molar-refractivity contribution in [2.24, 2.45) is 11.3 Å². The summed E-state index contributed by atoms with van der Waals surface area (Å²) >= 11 is 0. The Morgan fingerprint density at radius 2 is 1.31 bits per heavy atom. The van der Waals surface area contributed by atoms with Crippen LogP contribution < -0.4 is 10.6 Å². The van der Waals surface area contributed by atoms with Gasteiger partial charge in [0.2, 0.25) is 0 Å². The van der Waals surface area contributed by atoms with Crippen LogP contribution in [-0.2, 0) is 9.53 Å². The van der Waals surface area contributed by atoms with Crippen molar-refractivity contribution in [3.8, 4) is 0 Å². The van der Waals surface area contributed by atoms with Gasteiger partial charge in [-0.3, -0.25) is 4.79 Å². The lowest BCUT2D eigenvalue weighted by atomic mass is 9.87. The molecule has 0 heterocycles. The molecule has 0 spiro atoms. The van der Waals surface area contributed by atoms with Gasteiger partial charge in [0.15, 0.2) is 0 Å². The summed E-state index contributed by atoms with van der Waals surface area (Å²) in [4.78, 5) is 12.9. The molecule has 0 aromatic heterocycles. The highest BCUT2D eigenvalue weighted by atomic mass is 31.1. The molecule has 0 bridgehead atoms. The fourth-order valence-corrected chi connectivity index (χ4v) is 6.89. The quantitative estimate of drug-likeness (QED) is 0.375. The maximum absolute atomic E-state index is 12.9. The summed E-state index contributed by atoms with van der Waals surface area (Å²) in [6, 6.07) is 13.6. The van der Waals surface area contributed by atoms with Crippen LogP contribution in [0, 0.1) is 39.0 Å². The summed E-state index contributed by atoms with van der Waals surface area (Å²) in [7, 11) is -0.604. The van der Waals surface area contributed by atoms with E-state index in [4.69, 9.17) is 4.74 Å². The number of carbonyl (C=O) groups excluding carboxylic acids is 1. The van der Waals surface area contributed by atoms with Gasteiger partial charge >= 0.3 is 5.97 Å². The van der Waals surface area contributed by atoms with Crippen LogP contribution in [0.5, 0.6) is 0 Å². The zero-order valence-corrected chi connectivity index (χ0v) is 21.8. The normalized spacial score (nSPS) is 16.2. The molecule has 32 heavy (non-hydrogen) atoms. The van der Waals surface area contributed by atoms with E-state index in [1.807, 2.05) is 6.92 Å². The summed E-state index contributed by atoms with van der Waals surface area (Å²) in [5, 5.41) is 2.70. The van der Waals surface area contributed by atoms with Gasteiger partial charge in [0.1, 0.15) is 0 Å². The van der Waals surface area contributed by atoms with Gasteiger partial charge in [0.05, 0.1) is 12.5 Å². The largest absolute Gasteiger partial charge is 0.465 e. The Kier molecular flexibility index (Phi) is 7.46. The van der Waals surface area contributed by atoms with E-state index < -0.39 is 7.92 Å². The Morgan fingerprint density at radius 3 is 1.72 bits per heavy atom. The third-order valence-corrected chi connectivity index (χ3v) is 8.33. The number of hydrogen-bond acceptors (Lipinski definition) is 2. The first-order chi connectivity index (χ1) is 14.9. The van der Waals surface area contributed by atoms with Crippen LogP contribution in [0.3, 0.4) is 0 Å².